The summed E-state index contributed by atoms with van der Waals surface area (Å²) >= 11 is 0. The molecular weight excluding hydrogens is 304 g/mol. The predicted octanol–water partition coefficient (Wildman–Crippen LogP) is 3.53. The molecule has 24 heavy (non-hydrogen) atoms. The smallest absolute Gasteiger partial charge is 0.218 e. The summed E-state index contributed by atoms with van der Waals surface area (Å²) in [6.45, 7) is 4.33. The molecule has 0 aromatic heterocycles. The van der Waals surface area contributed by atoms with Crippen molar-refractivity contribution in [3.05, 3.63) is 35.4 Å². The van der Waals surface area contributed by atoms with E-state index in [1.165, 1.54) is 19.8 Å². The molecule has 2 atom stereocenters. The summed E-state index contributed by atoms with van der Waals surface area (Å²) in [5.74, 6) is -0.393. The largest absolute Gasteiger partial charge is 0.349 e. The maximum absolute atomic E-state index is 12.8. The monoisotopic (exact) mass is 332 g/mol. The molecule has 2 rings (SSSR count). The minimum atomic E-state index is -0.942. The van der Waals surface area contributed by atoms with Crippen LogP contribution in [0.25, 0.3) is 0 Å². The summed E-state index contributed by atoms with van der Waals surface area (Å²) in [7, 11) is 2.85. The van der Waals surface area contributed by atoms with Crippen molar-refractivity contribution in [3.8, 4) is 0 Å². The second-order valence-corrected chi connectivity index (χ2v) is 6.89. The van der Waals surface area contributed by atoms with Crippen LogP contribution in [0.5, 0.6) is 0 Å². The first-order chi connectivity index (χ1) is 11.5. The predicted molar refractivity (Wildman–Crippen MR) is 92.9 cm³/mol. The molecule has 1 saturated carbocycles. The van der Waals surface area contributed by atoms with Gasteiger partial charge in [-0.25, -0.2) is 0 Å². The van der Waals surface area contributed by atoms with Crippen molar-refractivity contribution in [2.75, 3.05) is 14.2 Å². The highest BCUT2D eigenvalue weighted by molar-refractivity contribution is 6.05. The molecule has 4 nitrogen and oxygen atoms in total. The number of ketones is 2. The summed E-state index contributed by atoms with van der Waals surface area (Å²) < 4.78 is 10.1. The Hall–Kier alpha value is -1.52. The van der Waals surface area contributed by atoms with Gasteiger partial charge in [0.25, 0.3) is 0 Å². The molecule has 1 aromatic carbocycles. The van der Waals surface area contributed by atoms with Gasteiger partial charge < -0.3 is 9.47 Å². The Balaban J connectivity index is 2.05. The molecule has 0 radical (unpaired) electrons. The van der Waals surface area contributed by atoms with Gasteiger partial charge in [0, 0.05) is 20.1 Å². The maximum Gasteiger partial charge on any atom is 0.218 e. The topological polar surface area (TPSA) is 52.6 Å². The molecule has 1 aliphatic carbocycles. The Morgan fingerprint density at radius 3 is 2.29 bits per heavy atom. The van der Waals surface area contributed by atoms with Crippen LogP contribution in [0.15, 0.2) is 24.3 Å². The highest BCUT2D eigenvalue weighted by Gasteiger charge is 2.38. The van der Waals surface area contributed by atoms with Crippen LogP contribution >= 0.6 is 0 Å². The van der Waals surface area contributed by atoms with Crippen LogP contribution in [-0.2, 0) is 25.5 Å². The fourth-order valence-corrected chi connectivity index (χ4v) is 3.44. The Bertz CT molecular complexity index is 558. The van der Waals surface area contributed by atoms with E-state index >= 15 is 0 Å². The van der Waals surface area contributed by atoms with E-state index in [2.05, 4.69) is 38.1 Å². The van der Waals surface area contributed by atoms with E-state index in [4.69, 9.17) is 9.47 Å². The van der Waals surface area contributed by atoms with Crippen LogP contribution < -0.4 is 0 Å². The summed E-state index contributed by atoms with van der Waals surface area (Å²) in [6, 6.07) is 8.45. The number of rotatable bonds is 7. The molecule has 2 unspecified atom stereocenters. The van der Waals surface area contributed by atoms with Gasteiger partial charge in [-0.3, -0.25) is 9.59 Å². The van der Waals surface area contributed by atoms with Crippen molar-refractivity contribution in [2.24, 2.45) is 11.8 Å². The lowest BCUT2D eigenvalue weighted by Crippen LogP contribution is -2.41. The molecule has 0 N–H and O–H groups in total. The van der Waals surface area contributed by atoms with Gasteiger partial charge >= 0.3 is 0 Å². The van der Waals surface area contributed by atoms with E-state index in [1.807, 2.05) is 0 Å². The Labute approximate surface area is 144 Å². The number of benzene rings is 1. The van der Waals surface area contributed by atoms with Crippen LogP contribution in [0.4, 0.5) is 0 Å². The van der Waals surface area contributed by atoms with Gasteiger partial charge in [0.05, 0.1) is 5.92 Å². The minimum absolute atomic E-state index is 0.0401. The van der Waals surface area contributed by atoms with E-state index in [-0.39, 0.29) is 17.5 Å². The average Bonchev–Trinajstić information content (AvgIpc) is 2.58. The van der Waals surface area contributed by atoms with Crippen LogP contribution in [-0.4, -0.2) is 32.1 Å². The number of hydrogen-bond donors (Lipinski definition) is 0. The normalized spacial score (nSPS) is 21.5. The molecule has 1 fully saturated rings. The van der Waals surface area contributed by atoms with Crippen molar-refractivity contribution in [2.45, 2.75) is 51.7 Å². The van der Waals surface area contributed by atoms with Crippen LogP contribution in [0.2, 0.25) is 0 Å². The van der Waals surface area contributed by atoms with E-state index in [9.17, 15) is 9.59 Å². The molecule has 132 valence electrons. The number of carbonyl (C=O) groups excluding carboxylic acids is 2. The third-order valence-corrected chi connectivity index (χ3v) is 4.92. The lowest BCUT2D eigenvalue weighted by atomic mass is 9.75. The minimum Gasteiger partial charge on any atom is -0.349 e. The van der Waals surface area contributed by atoms with E-state index in [0.29, 0.717) is 18.8 Å². The molecule has 1 aromatic rings. The van der Waals surface area contributed by atoms with E-state index in [0.717, 1.165) is 18.4 Å². The SMILES string of the molecule is COC(OC)C(=O)C1CCCC(Cc2ccc(C(C)C)cc2)C1=O. The van der Waals surface area contributed by atoms with Gasteiger partial charge in [-0.15, -0.1) is 0 Å². The highest BCUT2D eigenvalue weighted by Crippen LogP contribution is 2.30. The first kappa shape index (κ1) is 18.8. The van der Waals surface area contributed by atoms with E-state index < -0.39 is 12.2 Å². The molecule has 0 spiro atoms. The quantitative estimate of drug-likeness (QED) is 0.566. The van der Waals surface area contributed by atoms with Crippen LogP contribution in [0, 0.1) is 11.8 Å². The van der Waals surface area contributed by atoms with Crippen molar-refractivity contribution >= 4 is 11.6 Å². The second-order valence-electron chi connectivity index (χ2n) is 6.89. The van der Waals surface area contributed by atoms with Crippen molar-refractivity contribution in [1.29, 1.82) is 0 Å². The molecule has 4 heteroatoms. The molecule has 0 saturated heterocycles. The van der Waals surface area contributed by atoms with Gasteiger partial charge in [0.1, 0.15) is 5.78 Å². The summed E-state index contributed by atoms with van der Waals surface area (Å²) in [5.41, 5.74) is 2.45. The van der Waals surface area contributed by atoms with Gasteiger partial charge in [-0.05, 0) is 36.3 Å². The second kappa shape index (κ2) is 8.54. The first-order valence-electron chi connectivity index (χ1n) is 8.69. The Morgan fingerprint density at radius 2 is 1.75 bits per heavy atom. The van der Waals surface area contributed by atoms with Crippen LogP contribution in [0.1, 0.15) is 50.2 Å². The van der Waals surface area contributed by atoms with Gasteiger partial charge in [-0.1, -0.05) is 44.5 Å². The zero-order valence-corrected chi connectivity index (χ0v) is 15.1. The standard InChI is InChI=1S/C20H28O4/c1-13(2)15-10-8-14(9-11-15)12-16-6-5-7-17(18(16)21)19(22)20(23-3)24-4/h8-11,13,16-17,20H,5-7,12H2,1-4H3. The maximum atomic E-state index is 12.8. The van der Waals surface area contributed by atoms with E-state index in [1.54, 1.807) is 0 Å². The fraction of sp³-hybridized carbons (Fsp3) is 0.600. The molecule has 0 heterocycles. The number of ether oxygens (including phenoxy) is 2. The number of Topliss-reactive ketones (excluding diaryl/α,β-unsaturated/α-hetero) is 2. The number of methoxy groups -OCH3 is 2. The first-order valence-corrected chi connectivity index (χ1v) is 8.69. The van der Waals surface area contributed by atoms with Gasteiger partial charge in [0.2, 0.25) is 6.29 Å². The molecule has 0 amide bonds. The number of carbonyl (C=O) groups is 2. The summed E-state index contributed by atoms with van der Waals surface area (Å²) in [4.78, 5) is 25.2. The zero-order valence-electron chi connectivity index (χ0n) is 15.1. The van der Waals surface area contributed by atoms with Crippen LogP contribution in [0.3, 0.4) is 0 Å². The highest BCUT2D eigenvalue weighted by atomic mass is 16.7. The molecule has 1 aliphatic rings. The third kappa shape index (κ3) is 4.31. The molecule has 0 aliphatic heterocycles. The third-order valence-electron chi connectivity index (χ3n) is 4.92. The number of hydrogen-bond acceptors (Lipinski definition) is 4. The fourth-order valence-electron chi connectivity index (χ4n) is 3.44. The van der Waals surface area contributed by atoms with Crippen molar-refractivity contribution < 1.29 is 19.1 Å². The lowest BCUT2D eigenvalue weighted by Gasteiger charge is -2.28. The van der Waals surface area contributed by atoms with Crippen molar-refractivity contribution in [3.63, 3.8) is 0 Å². The molecule has 0 bridgehead atoms. The van der Waals surface area contributed by atoms with Crippen molar-refractivity contribution in [1.82, 2.24) is 0 Å². The summed E-state index contributed by atoms with van der Waals surface area (Å²) in [5, 5.41) is 0. The Kier molecular flexibility index (Phi) is 6.69. The van der Waals surface area contributed by atoms with Gasteiger partial charge in [-0.2, -0.15) is 0 Å². The molecular formula is C20H28O4. The zero-order chi connectivity index (χ0) is 17.7. The Morgan fingerprint density at radius 1 is 1.12 bits per heavy atom. The summed E-state index contributed by atoms with van der Waals surface area (Å²) in [6.07, 6.45) is 2.09. The van der Waals surface area contributed by atoms with Gasteiger partial charge in [0.15, 0.2) is 5.78 Å². The lowest BCUT2D eigenvalue weighted by molar-refractivity contribution is -0.164. The average molecular weight is 332 g/mol.